The van der Waals surface area contributed by atoms with Gasteiger partial charge in [-0.15, -0.1) is 6.58 Å². The maximum atomic E-state index is 12.1. The van der Waals surface area contributed by atoms with Gasteiger partial charge in [0.1, 0.15) is 11.4 Å². The molecule has 0 saturated heterocycles. The van der Waals surface area contributed by atoms with Crippen LogP contribution < -0.4 is 9.62 Å². The third-order valence-electron chi connectivity index (χ3n) is 2.51. The van der Waals surface area contributed by atoms with E-state index in [4.69, 9.17) is 5.11 Å². The van der Waals surface area contributed by atoms with Gasteiger partial charge in [0.15, 0.2) is 0 Å². The molecule has 0 heterocycles. The first-order valence-corrected chi connectivity index (χ1v) is 7.57. The van der Waals surface area contributed by atoms with E-state index < -0.39 is 16.0 Å². The Balaban J connectivity index is 3.28. The fourth-order valence-electron chi connectivity index (χ4n) is 1.78. The smallest absolute Gasteiger partial charge is 0.323 e. The third kappa shape index (κ3) is 4.07. The van der Waals surface area contributed by atoms with Crippen molar-refractivity contribution in [3.05, 3.63) is 36.9 Å². The molecular weight excluding hydrogens is 280 g/mol. The molecule has 1 aromatic carbocycles. The monoisotopic (exact) mass is 298 g/mol. The van der Waals surface area contributed by atoms with Gasteiger partial charge in [0.05, 0.1) is 5.69 Å². The van der Waals surface area contributed by atoms with Crippen molar-refractivity contribution in [1.29, 1.82) is 0 Å². The molecular formula is C13H18N2O4S. The van der Waals surface area contributed by atoms with E-state index in [1.54, 1.807) is 25.1 Å². The highest BCUT2D eigenvalue weighted by Gasteiger charge is 2.21. The summed E-state index contributed by atoms with van der Waals surface area (Å²) in [5, 5.41) is 8.93. The zero-order valence-electron chi connectivity index (χ0n) is 11.2. The zero-order valence-corrected chi connectivity index (χ0v) is 12.1. The van der Waals surface area contributed by atoms with Crippen LogP contribution in [0.1, 0.15) is 6.92 Å². The highest BCUT2D eigenvalue weighted by molar-refractivity contribution is 7.89. The van der Waals surface area contributed by atoms with Crippen molar-refractivity contribution in [3.8, 4) is 0 Å². The van der Waals surface area contributed by atoms with Crippen LogP contribution in [0.3, 0.4) is 0 Å². The first-order valence-electron chi connectivity index (χ1n) is 6.08. The lowest BCUT2D eigenvalue weighted by molar-refractivity contribution is -0.135. The number of carboxylic acid groups (broad SMARTS) is 1. The van der Waals surface area contributed by atoms with Crippen molar-refractivity contribution < 1.29 is 18.3 Å². The summed E-state index contributed by atoms with van der Waals surface area (Å²) in [7, 11) is -3.66. The molecule has 0 bridgehead atoms. The van der Waals surface area contributed by atoms with E-state index in [9.17, 15) is 13.2 Å². The summed E-state index contributed by atoms with van der Waals surface area (Å²) in [6.45, 7) is 5.44. The minimum Gasteiger partial charge on any atom is -0.480 e. The SMILES string of the molecule is C=CCN(CC(=O)O)c1ccccc1S(=O)(=O)NCC. The van der Waals surface area contributed by atoms with Crippen LogP contribution in [0.15, 0.2) is 41.8 Å². The van der Waals surface area contributed by atoms with E-state index in [0.29, 0.717) is 5.69 Å². The van der Waals surface area contributed by atoms with Crippen molar-refractivity contribution >= 4 is 21.7 Å². The Bertz CT molecular complexity index is 584. The Labute approximate surface area is 118 Å². The summed E-state index contributed by atoms with van der Waals surface area (Å²) in [5.41, 5.74) is 0.343. The van der Waals surface area contributed by atoms with Crippen molar-refractivity contribution in [2.24, 2.45) is 0 Å². The van der Waals surface area contributed by atoms with E-state index >= 15 is 0 Å². The first kappa shape index (κ1) is 16.2. The van der Waals surface area contributed by atoms with Gasteiger partial charge in [-0.25, -0.2) is 13.1 Å². The second-order valence-electron chi connectivity index (χ2n) is 4.03. The molecule has 7 heteroatoms. The average molecular weight is 298 g/mol. The van der Waals surface area contributed by atoms with Crippen molar-refractivity contribution in [2.45, 2.75) is 11.8 Å². The summed E-state index contributed by atoms with van der Waals surface area (Å²) >= 11 is 0. The number of anilines is 1. The third-order valence-corrected chi connectivity index (χ3v) is 4.10. The van der Waals surface area contributed by atoms with Gasteiger partial charge in [-0.05, 0) is 12.1 Å². The predicted octanol–water partition coefficient (Wildman–Crippen LogP) is 1.06. The molecule has 0 aliphatic carbocycles. The number of sulfonamides is 1. The number of nitrogens with zero attached hydrogens (tertiary/aromatic N) is 1. The molecule has 0 amide bonds. The van der Waals surface area contributed by atoms with E-state index in [1.807, 2.05) is 0 Å². The molecule has 0 unspecified atom stereocenters. The lowest BCUT2D eigenvalue weighted by atomic mass is 10.3. The first-order chi connectivity index (χ1) is 9.42. The standard InChI is InChI=1S/C13H18N2O4S/c1-3-9-15(10-13(16)17)11-7-5-6-8-12(11)20(18,19)14-4-2/h3,5-8,14H,1,4,9-10H2,2H3,(H,16,17). The van der Waals surface area contributed by atoms with Crippen LogP contribution >= 0.6 is 0 Å². The number of aliphatic carboxylic acids is 1. The summed E-state index contributed by atoms with van der Waals surface area (Å²) in [6, 6.07) is 6.29. The van der Waals surface area contributed by atoms with Crippen molar-refractivity contribution in [3.63, 3.8) is 0 Å². The number of rotatable bonds is 8. The quantitative estimate of drug-likeness (QED) is 0.701. The normalized spacial score (nSPS) is 11.1. The summed E-state index contributed by atoms with van der Waals surface area (Å²) in [4.78, 5) is 12.4. The minimum atomic E-state index is -3.66. The van der Waals surface area contributed by atoms with Crippen LogP contribution in [0.25, 0.3) is 0 Å². The molecule has 0 spiro atoms. The number of nitrogens with one attached hydrogen (secondary N) is 1. The van der Waals surface area contributed by atoms with Gasteiger partial charge in [-0.1, -0.05) is 25.1 Å². The van der Waals surface area contributed by atoms with Crippen molar-refractivity contribution in [2.75, 3.05) is 24.5 Å². The van der Waals surface area contributed by atoms with Gasteiger partial charge >= 0.3 is 5.97 Å². The number of para-hydroxylation sites is 1. The van der Waals surface area contributed by atoms with Gasteiger partial charge in [0, 0.05) is 13.1 Å². The Kier molecular flexibility index (Phi) is 5.72. The van der Waals surface area contributed by atoms with Crippen LogP contribution in [-0.2, 0) is 14.8 Å². The van der Waals surface area contributed by atoms with Gasteiger partial charge in [-0.3, -0.25) is 4.79 Å². The van der Waals surface area contributed by atoms with Crippen LogP contribution in [0.2, 0.25) is 0 Å². The summed E-state index contributed by atoms with van der Waals surface area (Å²) < 4.78 is 26.7. The fraction of sp³-hybridized carbons (Fsp3) is 0.308. The highest BCUT2D eigenvalue weighted by Crippen LogP contribution is 2.24. The molecule has 0 radical (unpaired) electrons. The summed E-state index contributed by atoms with van der Waals surface area (Å²) in [5.74, 6) is -1.04. The van der Waals surface area contributed by atoms with E-state index in [0.717, 1.165) is 0 Å². The molecule has 0 aliphatic heterocycles. The van der Waals surface area contributed by atoms with Gasteiger partial charge in [0.25, 0.3) is 0 Å². The number of hydrogen-bond donors (Lipinski definition) is 2. The van der Waals surface area contributed by atoms with Gasteiger partial charge in [-0.2, -0.15) is 0 Å². The molecule has 110 valence electrons. The van der Waals surface area contributed by atoms with Crippen molar-refractivity contribution in [1.82, 2.24) is 4.72 Å². The molecule has 2 N–H and O–H groups in total. The number of benzene rings is 1. The largest absolute Gasteiger partial charge is 0.480 e. The molecule has 0 fully saturated rings. The predicted molar refractivity (Wildman–Crippen MR) is 77.4 cm³/mol. The Morgan fingerprint density at radius 1 is 1.45 bits per heavy atom. The molecule has 0 atom stereocenters. The van der Waals surface area contributed by atoms with Gasteiger partial charge in [0.2, 0.25) is 10.0 Å². The second kappa shape index (κ2) is 7.06. The fourth-order valence-corrected chi connectivity index (χ4v) is 3.05. The van der Waals surface area contributed by atoms with Crippen LogP contribution in [-0.4, -0.2) is 39.1 Å². The molecule has 6 nitrogen and oxygen atoms in total. The lowest BCUT2D eigenvalue weighted by Gasteiger charge is -2.23. The molecule has 1 rings (SSSR count). The molecule has 1 aromatic rings. The Morgan fingerprint density at radius 2 is 2.10 bits per heavy atom. The Morgan fingerprint density at radius 3 is 2.65 bits per heavy atom. The summed E-state index contributed by atoms with van der Waals surface area (Å²) in [6.07, 6.45) is 1.53. The Hall–Kier alpha value is -1.86. The van der Waals surface area contributed by atoms with Crippen LogP contribution in [0.5, 0.6) is 0 Å². The average Bonchev–Trinajstić information content (AvgIpc) is 2.38. The minimum absolute atomic E-state index is 0.0601. The topological polar surface area (TPSA) is 86.7 Å². The second-order valence-corrected chi connectivity index (χ2v) is 5.77. The van der Waals surface area contributed by atoms with E-state index in [1.165, 1.54) is 17.0 Å². The molecule has 0 aromatic heterocycles. The number of carbonyl (C=O) groups is 1. The highest BCUT2D eigenvalue weighted by atomic mass is 32.2. The van der Waals surface area contributed by atoms with Crippen LogP contribution in [0, 0.1) is 0 Å². The zero-order chi connectivity index (χ0) is 15.2. The maximum absolute atomic E-state index is 12.1. The maximum Gasteiger partial charge on any atom is 0.323 e. The van der Waals surface area contributed by atoms with E-state index in [2.05, 4.69) is 11.3 Å². The number of hydrogen-bond acceptors (Lipinski definition) is 4. The van der Waals surface area contributed by atoms with Crippen LogP contribution in [0.4, 0.5) is 5.69 Å². The van der Waals surface area contributed by atoms with E-state index in [-0.39, 0.29) is 24.5 Å². The molecule has 0 saturated carbocycles. The van der Waals surface area contributed by atoms with Gasteiger partial charge < -0.3 is 10.0 Å². The molecule has 20 heavy (non-hydrogen) atoms. The lowest BCUT2D eigenvalue weighted by Crippen LogP contribution is -2.32. The number of carboxylic acids is 1. The molecule has 0 aliphatic rings.